The zero-order chi connectivity index (χ0) is 21.0. The summed E-state index contributed by atoms with van der Waals surface area (Å²) in [6.07, 6.45) is 0.114. The van der Waals surface area contributed by atoms with E-state index in [0.29, 0.717) is 27.4 Å². The number of aryl methyl sites for hydroxylation is 2. The number of anilines is 1. The molecule has 4 nitrogen and oxygen atoms in total. The Bertz CT molecular complexity index is 1150. The maximum atomic E-state index is 13.1. The smallest absolute Gasteiger partial charge is 0.228 e. The minimum absolute atomic E-state index is 0.114. The summed E-state index contributed by atoms with van der Waals surface area (Å²) in [5.41, 5.74) is 4.33. The van der Waals surface area contributed by atoms with Crippen LogP contribution in [-0.4, -0.2) is 11.7 Å². The number of ketones is 1. The van der Waals surface area contributed by atoms with Gasteiger partial charge in [-0.3, -0.25) is 9.59 Å². The fourth-order valence-corrected chi connectivity index (χ4v) is 3.23. The molecule has 0 bridgehead atoms. The van der Waals surface area contributed by atoms with Crippen molar-refractivity contribution >= 4 is 29.0 Å². The van der Waals surface area contributed by atoms with E-state index >= 15 is 0 Å². The van der Waals surface area contributed by atoms with Gasteiger partial charge in [0.15, 0.2) is 5.78 Å². The molecule has 0 aliphatic rings. The summed E-state index contributed by atoms with van der Waals surface area (Å²) in [4.78, 5) is 25.5. The van der Waals surface area contributed by atoms with Crippen LogP contribution in [0.2, 0.25) is 5.02 Å². The number of carbonyl (C=O) groups is 2. The summed E-state index contributed by atoms with van der Waals surface area (Å²) >= 11 is 6.08. The summed E-state index contributed by atoms with van der Waals surface area (Å²) < 4.78 is 0. The number of carbonyl (C=O) groups excluding carboxylic acids is 2. The van der Waals surface area contributed by atoms with Crippen molar-refractivity contribution in [1.82, 2.24) is 0 Å². The molecule has 3 rings (SSSR count). The molecule has 144 valence electrons. The standard InChI is InChI=1S/C24H19ClN2O2/c1-15-7-9-17(13-23(28)27-22-6-4-3-5-21(22)25)11-19(15)24(29)20-12-18(14-26)10-8-16(20)2/h3-12H,13H2,1-2H3,(H,27,28). The SMILES string of the molecule is Cc1ccc(C#N)cc1C(=O)c1cc(CC(=O)Nc2ccccc2Cl)ccc1C. The van der Waals surface area contributed by atoms with Gasteiger partial charge in [-0.1, -0.05) is 41.9 Å². The predicted octanol–water partition coefficient (Wildman–Crippen LogP) is 5.24. The van der Waals surface area contributed by atoms with Crippen LogP contribution in [0, 0.1) is 25.2 Å². The highest BCUT2D eigenvalue weighted by molar-refractivity contribution is 6.33. The van der Waals surface area contributed by atoms with Gasteiger partial charge < -0.3 is 5.32 Å². The predicted molar refractivity (Wildman–Crippen MR) is 114 cm³/mol. The number of nitrogens with zero attached hydrogens (tertiary/aromatic N) is 1. The van der Waals surface area contributed by atoms with Gasteiger partial charge in [-0.25, -0.2) is 0 Å². The van der Waals surface area contributed by atoms with Crippen molar-refractivity contribution in [2.45, 2.75) is 20.3 Å². The molecule has 0 aromatic heterocycles. The molecule has 0 fully saturated rings. The summed E-state index contributed by atoms with van der Waals surface area (Å²) in [5, 5.41) is 12.4. The fourth-order valence-electron chi connectivity index (χ4n) is 3.05. The van der Waals surface area contributed by atoms with E-state index in [9.17, 15) is 9.59 Å². The first-order chi connectivity index (χ1) is 13.9. The number of hydrogen-bond acceptors (Lipinski definition) is 3. The van der Waals surface area contributed by atoms with Gasteiger partial charge in [0.25, 0.3) is 0 Å². The Hall–Kier alpha value is -3.42. The Kier molecular flexibility index (Phi) is 6.11. The monoisotopic (exact) mass is 402 g/mol. The molecule has 0 heterocycles. The maximum absolute atomic E-state index is 13.1. The summed E-state index contributed by atoms with van der Waals surface area (Å²) in [7, 11) is 0. The van der Waals surface area contributed by atoms with E-state index in [4.69, 9.17) is 16.9 Å². The van der Waals surface area contributed by atoms with Crippen LogP contribution in [0.4, 0.5) is 5.69 Å². The van der Waals surface area contributed by atoms with Gasteiger partial charge in [0, 0.05) is 11.1 Å². The number of halogens is 1. The van der Waals surface area contributed by atoms with Crippen LogP contribution in [0.1, 0.15) is 38.2 Å². The molecule has 0 aliphatic heterocycles. The molecule has 3 aromatic carbocycles. The molecule has 0 spiro atoms. The van der Waals surface area contributed by atoms with Gasteiger partial charge in [0.1, 0.15) is 0 Å². The Morgan fingerprint density at radius 1 is 0.966 bits per heavy atom. The third kappa shape index (κ3) is 4.71. The lowest BCUT2D eigenvalue weighted by Gasteiger charge is -2.11. The highest BCUT2D eigenvalue weighted by Crippen LogP contribution is 2.22. The minimum Gasteiger partial charge on any atom is -0.324 e. The number of nitriles is 1. The third-order valence-electron chi connectivity index (χ3n) is 4.67. The highest BCUT2D eigenvalue weighted by atomic mass is 35.5. The van der Waals surface area contributed by atoms with Gasteiger partial charge in [0.2, 0.25) is 5.91 Å². The van der Waals surface area contributed by atoms with Crippen LogP contribution in [0.5, 0.6) is 0 Å². The average molecular weight is 403 g/mol. The molecule has 0 atom stereocenters. The second kappa shape index (κ2) is 8.72. The van der Waals surface area contributed by atoms with Crippen LogP contribution in [0.3, 0.4) is 0 Å². The van der Waals surface area contributed by atoms with Crippen LogP contribution in [-0.2, 0) is 11.2 Å². The van der Waals surface area contributed by atoms with Crippen LogP contribution in [0.15, 0.2) is 60.7 Å². The third-order valence-corrected chi connectivity index (χ3v) is 5.00. The summed E-state index contributed by atoms with van der Waals surface area (Å²) in [5.74, 6) is -0.381. The van der Waals surface area contributed by atoms with Crippen molar-refractivity contribution < 1.29 is 9.59 Å². The zero-order valence-corrected chi connectivity index (χ0v) is 16.9. The number of benzene rings is 3. The van der Waals surface area contributed by atoms with E-state index in [1.54, 1.807) is 48.5 Å². The molecule has 29 heavy (non-hydrogen) atoms. The first-order valence-corrected chi connectivity index (χ1v) is 9.46. The van der Waals surface area contributed by atoms with E-state index < -0.39 is 0 Å². The Balaban J connectivity index is 1.85. The molecule has 0 saturated heterocycles. The van der Waals surface area contributed by atoms with Crippen LogP contribution in [0.25, 0.3) is 0 Å². The topological polar surface area (TPSA) is 70.0 Å². The van der Waals surface area contributed by atoms with Crippen molar-refractivity contribution in [3.05, 3.63) is 99.1 Å². The molecule has 1 amide bonds. The lowest BCUT2D eigenvalue weighted by atomic mass is 9.93. The van der Waals surface area contributed by atoms with E-state index in [2.05, 4.69) is 11.4 Å². The first-order valence-electron chi connectivity index (χ1n) is 9.08. The zero-order valence-electron chi connectivity index (χ0n) is 16.1. The van der Waals surface area contributed by atoms with E-state index in [0.717, 1.165) is 16.7 Å². The van der Waals surface area contributed by atoms with Crippen molar-refractivity contribution in [2.75, 3.05) is 5.32 Å². The lowest BCUT2D eigenvalue weighted by Crippen LogP contribution is -2.15. The van der Waals surface area contributed by atoms with Crippen molar-refractivity contribution in [2.24, 2.45) is 0 Å². The first kappa shape index (κ1) is 20.3. The minimum atomic E-state index is -0.219. The van der Waals surface area contributed by atoms with Gasteiger partial charge in [-0.15, -0.1) is 0 Å². The number of amides is 1. The molecule has 0 radical (unpaired) electrons. The van der Waals surface area contributed by atoms with Gasteiger partial charge in [-0.05, 0) is 60.9 Å². The van der Waals surface area contributed by atoms with Crippen LogP contribution >= 0.6 is 11.6 Å². The molecule has 1 N–H and O–H groups in total. The van der Waals surface area contributed by atoms with Crippen molar-refractivity contribution in [3.8, 4) is 6.07 Å². The molecule has 0 aliphatic carbocycles. The van der Waals surface area contributed by atoms with E-state index in [1.165, 1.54) is 0 Å². The number of para-hydroxylation sites is 1. The molecule has 3 aromatic rings. The van der Waals surface area contributed by atoms with Gasteiger partial charge in [-0.2, -0.15) is 5.26 Å². The second-order valence-electron chi connectivity index (χ2n) is 6.82. The number of hydrogen-bond donors (Lipinski definition) is 1. The Labute approximate surface area is 174 Å². The fraction of sp³-hybridized carbons (Fsp3) is 0.125. The number of rotatable bonds is 5. The van der Waals surface area contributed by atoms with E-state index in [1.807, 2.05) is 26.0 Å². The van der Waals surface area contributed by atoms with Crippen LogP contribution < -0.4 is 5.32 Å². The van der Waals surface area contributed by atoms with Crippen molar-refractivity contribution in [1.29, 1.82) is 5.26 Å². The Morgan fingerprint density at radius 2 is 1.62 bits per heavy atom. The molecular weight excluding hydrogens is 384 g/mol. The largest absolute Gasteiger partial charge is 0.324 e. The lowest BCUT2D eigenvalue weighted by molar-refractivity contribution is -0.115. The highest BCUT2D eigenvalue weighted by Gasteiger charge is 2.16. The maximum Gasteiger partial charge on any atom is 0.228 e. The average Bonchev–Trinajstić information content (AvgIpc) is 2.71. The van der Waals surface area contributed by atoms with Crippen molar-refractivity contribution in [3.63, 3.8) is 0 Å². The normalized spacial score (nSPS) is 10.3. The number of nitrogens with one attached hydrogen (secondary N) is 1. The molecule has 0 saturated carbocycles. The molecule has 0 unspecified atom stereocenters. The summed E-state index contributed by atoms with van der Waals surface area (Å²) in [6, 6.07) is 19.5. The second-order valence-corrected chi connectivity index (χ2v) is 7.23. The van der Waals surface area contributed by atoms with E-state index in [-0.39, 0.29) is 18.1 Å². The van der Waals surface area contributed by atoms with Gasteiger partial charge in [0.05, 0.1) is 28.8 Å². The summed E-state index contributed by atoms with van der Waals surface area (Å²) in [6.45, 7) is 3.69. The quantitative estimate of drug-likeness (QED) is 0.593. The van der Waals surface area contributed by atoms with Gasteiger partial charge >= 0.3 is 0 Å². The molecular formula is C24H19ClN2O2. The molecule has 5 heteroatoms. The Morgan fingerprint density at radius 3 is 2.31 bits per heavy atom.